The fraction of sp³-hybridized carbons (Fsp3) is 0. The smallest absolute Gasteiger partial charge is 0.280 e. The van der Waals surface area contributed by atoms with Gasteiger partial charge in [-0.15, -0.1) is 5.10 Å². The molecule has 3 N–H and O–H groups in total. The Balaban J connectivity index is 1.81. The lowest BCUT2D eigenvalue weighted by Gasteiger charge is -2.13. The molecule has 31 heavy (non-hydrogen) atoms. The van der Waals surface area contributed by atoms with Gasteiger partial charge in [0.15, 0.2) is 5.82 Å². The summed E-state index contributed by atoms with van der Waals surface area (Å²) in [6.45, 7) is 0. The number of halogens is 3. The Morgan fingerprint density at radius 2 is 1.71 bits per heavy atom. The van der Waals surface area contributed by atoms with Gasteiger partial charge in [0.05, 0.1) is 26.8 Å². The minimum absolute atomic E-state index is 0.0852. The fourth-order valence-corrected chi connectivity index (χ4v) is 4.92. The Kier molecular flexibility index (Phi) is 5.34. The molecule has 4 rings (SSSR count). The summed E-state index contributed by atoms with van der Waals surface area (Å²) >= 11 is 12.3. The number of carbonyl (C=O) groups is 1. The lowest BCUT2D eigenvalue weighted by Crippen LogP contribution is -2.18. The Morgan fingerprint density at radius 1 is 1.03 bits per heavy atom. The van der Waals surface area contributed by atoms with E-state index >= 15 is 0 Å². The summed E-state index contributed by atoms with van der Waals surface area (Å²) in [5.41, 5.74) is 5.85. The van der Waals surface area contributed by atoms with Crippen LogP contribution in [0, 0.1) is 5.82 Å². The third kappa shape index (κ3) is 3.83. The first-order valence-electron chi connectivity index (χ1n) is 8.73. The van der Waals surface area contributed by atoms with E-state index < -0.39 is 26.6 Å². The van der Waals surface area contributed by atoms with Crippen molar-refractivity contribution in [2.24, 2.45) is 0 Å². The number of para-hydroxylation sites is 2. The van der Waals surface area contributed by atoms with Gasteiger partial charge < -0.3 is 5.73 Å². The van der Waals surface area contributed by atoms with E-state index in [0.29, 0.717) is 10.9 Å². The van der Waals surface area contributed by atoms with E-state index in [4.69, 9.17) is 28.9 Å². The molecule has 4 aromatic rings. The van der Waals surface area contributed by atoms with Gasteiger partial charge in [0.1, 0.15) is 10.7 Å². The molecule has 0 radical (unpaired) electrons. The molecule has 1 aromatic heterocycles. The third-order valence-electron chi connectivity index (χ3n) is 4.47. The SMILES string of the molecule is Nc1nn(C(=O)c2cc(S(=O)(=O)Nc3ccccc3F)c(Cl)cc2Cl)c2ccccc12. The maximum Gasteiger partial charge on any atom is 0.280 e. The van der Waals surface area contributed by atoms with Gasteiger partial charge in [-0.25, -0.2) is 12.8 Å². The van der Waals surface area contributed by atoms with Crippen LogP contribution in [-0.4, -0.2) is 24.1 Å². The van der Waals surface area contributed by atoms with Gasteiger partial charge in [0, 0.05) is 5.39 Å². The fourth-order valence-electron chi connectivity index (χ4n) is 3.00. The van der Waals surface area contributed by atoms with Gasteiger partial charge in [0.25, 0.3) is 15.9 Å². The summed E-state index contributed by atoms with van der Waals surface area (Å²) in [5, 5.41) is 4.26. The molecule has 0 saturated heterocycles. The number of nitrogens with two attached hydrogens (primary N) is 1. The maximum absolute atomic E-state index is 13.9. The molecule has 0 aliphatic rings. The molecule has 0 bridgehead atoms. The molecule has 0 saturated carbocycles. The van der Waals surface area contributed by atoms with E-state index in [2.05, 4.69) is 9.82 Å². The number of carbonyl (C=O) groups excluding carboxylic acids is 1. The second-order valence-electron chi connectivity index (χ2n) is 6.47. The minimum Gasteiger partial charge on any atom is -0.382 e. The van der Waals surface area contributed by atoms with Gasteiger partial charge >= 0.3 is 0 Å². The molecule has 11 heteroatoms. The van der Waals surface area contributed by atoms with Crippen LogP contribution in [0.1, 0.15) is 10.4 Å². The molecule has 0 atom stereocenters. The highest BCUT2D eigenvalue weighted by Crippen LogP contribution is 2.32. The average Bonchev–Trinajstić information content (AvgIpc) is 3.06. The topological polar surface area (TPSA) is 107 Å². The zero-order valence-electron chi connectivity index (χ0n) is 15.5. The quantitative estimate of drug-likeness (QED) is 0.447. The predicted molar refractivity (Wildman–Crippen MR) is 118 cm³/mol. The molecular formula is C20H13Cl2FN4O3S. The van der Waals surface area contributed by atoms with Crippen molar-refractivity contribution < 1.29 is 17.6 Å². The lowest BCUT2D eigenvalue weighted by atomic mass is 10.2. The first-order chi connectivity index (χ1) is 14.7. The maximum atomic E-state index is 13.9. The number of nitrogens with one attached hydrogen (secondary N) is 1. The third-order valence-corrected chi connectivity index (χ3v) is 6.61. The predicted octanol–water partition coefficient (Wildman–Crippen LogP) is 4.55. The first-order valence-corrected chi connectivity index (χ1v) is 11.0. The first kappa shape index (κ1) is 21.1. The number of fused-ring (bicyclic) bond motifs is 1. The van der Waals surface area contributed by atoms with Gasteiger partial charge in [-0.2, -0.15) is 4.68 Å². The molecule has 0 amide bonds. The van der Waals surface area contributed by atoms with Gasteiger partial charge in [-0.3, -0.25) is 9.52 Å². The van der Waals surface area contributed by atoms with Crippen LogP contribution in [0.25, 0.3) is 10.9 Å². The van der Waals surface area contributed by atoms with Crippen molar-refractivity contribution in [3.8, 4) is 0 Å². The van der Waals surface area contributed by atoms with Gasteiger partial charge in [0.2, 0.25) is 0 Å². The summed E-state index contributed by atoms with van der Waals surface area (Å²) in [6.07, 6.45) is 0. The Labute approximate surface area is 186 Å². The number of aromatic nitrogens is 2. The van der Waals surface area contributed by atoms with E-state index in [1.165, 1.54) is 18.2 Å². The van der Waals surface area contributed by atoms with Crippen LogP contribution in [0.2, 0.25) is 10.0 Å². The second-order valence-corrected chi connectivity index (χ2v) is 8.93. The second kappa shape index (κ2) is 7.84. The van der Waals surface area contributed by atoms with Crippen molar-refractivity contribution in [1.82, 2.24) is 9.78 Å². The van der Waals surface area contributed by atoms with Crippen molar-refractivity contribution >= 4 is 61.5 Å². The number of nitrogens with zero attached hydrogens (tertiary/aromatic N) is 2. The van der Waals surface area contributed by atoms with Crippen molar-refractivity contribution in [3.63, 3.8) is 0 Å². The highest BCUT2D eigenvalue weighted by Gasteiger charge is 2.25. The van der Waals surface area contributed by atoms with Crippen LogP contribution >= 0.6 is 23.2 Å². The highest BCUT2D eigenvalue weighted by atomic mass is 35.5. The Hall–Kier alpha value is -3.14. The largest absolute Gasteiger partial charge is 0.382 e. The average molecular weight is 479 g/mol. The highest BCUT2D eigenvalue weighted by molar-refractivity contribution is 7.92. The van der Waals surface area contributed by atoms with E-state index in [9.17, 15) is 17.6 Å². The normalized spacial score (nSPS) is 11.6. The summed E-state index contributed by atoms with van der Waals surface area (Å²) < 4.78 is 42.8. The minimum atomic E-state index is -4.35. The molecule has 1 heterocycles. The van der Waals surface area contributed by atoms with Crippen LogP contribution in [-0.2, 0) is 10.0 Å². The molecule has 0 aliphatic carbocycles. The van der Waals surface area contributed by atoms with Crippen LogP contribution in [0.3, 0.4) is 0 Å². The van der Waals surface area contributed by atoms with Gasteiger partial charge in [-0.05, 0) is 36.4 Å². The number of rotatable bonds is 4. The molecule has 0 spiro atoms. The summed E-state index contributed by atoms with van der Waals surface area (Å²) in [5.74, 6) is -1.36. The van der Waals surface area contributed by atoms with Crippen molar-refractivity contribution in [1.29, 1.82) is 0 Å². The van der Waals surface area contributed by atoms with Crippen LogP contribution in [0.5, 0.6) is 0 Å². The van der Waals surface area contributed by atoms with Crippen molar-refractivity contribution in [2.75, 3.05) is 10.5 Å². The standard InChI is InChI=1S/C20H13Cl2FN4O3S/c21-13-10-14(22)18(31(29,30)26-16-7-3-2-6-15(16)23)9-12(13)20(28)27-17-8-4-1-5-11(17)19(24)25-27/h1-10,26H,(H2,24,25). The van der Waals surface area contributed by atoms with E-state index in [1.54, 1.807) is 24.3 Å². The number of sulfonamides is 1. The summed E-state index contributed by atoms with van der Waals surface area (Å²) in [6, 6.07) is 14.1. The Bertz CT molecular complexity index is 1450. The molecule has 0 unspecified atom stereocenters. The number of anilines is 2. The molecule has 7 nitrogen and oxygen atoms in total. The summed E-state index contributed by atoms with van der Waals surface area (Å²) in [7, 11) is -4.35. The molecular weight excluding hydrogens is 466 g/mol. The number of benzene rings is 3. The van der Waals surface area contributed by atoms with Crippen LogP contribution in [0.15, 0.2) is 65.6 Å². The Morgan fingerprint density at radius 3 is 2.45 bits per heavy atom. The number of nitrogen functional groups attached to an aromatic ring is 1. The zero-order chi connectivity index (χ0) is 22.3. The van der Waals surface area contributed by atoms with Crippen LogP contribution in [0.4, 0.5) is 15.9 Å². The molecule has 0 fully saturated rings. The summed E-state index contributed by atoms with van der Waals surface area (Å²) in [4.78, 5) is 12.7. The number of hydrogen-bond acceptors (Lipinski definition) is 5. The molecule has 3 aromatic carbocycles. The number of hydrogen-bond donors (Lipinski definition) is 2. The van der Waals surface area contributed by atoms with Crippen molar-refractivity contribution in [3.05, 3.63) is 82.1 Å². The van der Waals surface area contributed by atoms with Gasteiger partial charge in [-0.1, -0.05) is 47.5 Å². The molecule has 158 valence electrons. The van der Waals surface area contributed by atoms with E-state index in [1.807, 2.05) is 0 Å². The lowest BCUT2D eigenvalue weighted by molar-refractivity contribution is 0.0950. The zero-order valence-corrected chi connectivity index (χ0v) is 17.8. The van der Waals surface area contributed by atoms with Crippen molar-refractivity contribution in [2.45, 2.75) is 4.90 Å². The molecule has 0 aliphatic heterocycles. The van der Waals surface area contributed by atoms with E-state index in [-0.39, 0.29) is 27.1 Å². The van der Waals surface area contributed by atoms with E-state index in [0.717, 1.165) is 22.9 Å². The van der Waals surface area contributed by atoms with Crippen LogP contribution < -0.4 is 10.5 Å². The monoisotopic (exact) mass is 478 g/mol.